The van der Waals surface area contributed by atoms with Crippen LogP contribution in [0.3, 0.4) is 0 Å². The van der Waals surface area contributed by atoms with Crippen molar-refractivity contribution in [2.45, 2.75) is 0 Å². The van der Waals surface area contributed by atoms with Crippen LogP contribution in [0.2, 0.25) is 0 Å². The van der Waals surface area contributed by atoms with Gasteiger partial charge in [-0.1, -0.05) is 0 Å². The Bertz CT molecular complexity index is 576. The molecule has 1 heterocycles. The van der Waals surface area contributed by atoms with E-state index in [-0.39, 0.29) is 6.61 Å². The molecule has 6 heteroatoms. The number of carbonyl (C=O) groups excluding carboxylic acids is 2. The molecule has 0 aliphatic heterocycles. The van der Waals surface area contributed by atoms with E-state index in [9.17, 15) is 9.59 Å². The van der Waals surface area contributed by atoms with Crippen molar-refractivity contribution in [3.63, 3.8) is 0 Å². The van der Waals surface area contributed by atoms with Gasteiger partial charge >= 0.3 is 0 Å². The van der Waals surface area contributed by atoms with Gasteiger partial charge in [0.25, 0.3) is 11.8 Å². The number of rotatable bonds is 5. The Morgan fingerprint density at radius 3 is 2.55 bits per heavy atom. The molecule has 0 atom stereocenters. The standard InChI is InChI=1S/C14H15N3O3/c1-15-10-4-6-11(7-5-10)20-9-13(18)17-14(19)12-3-2-8-16-12/h2-8,15-16H,9H2,1H3,(H,17,18,19). The summed E-state index contributed by atoms with van der Waals surface area (Å²) in [6.45, 7) is -0.217. The molecule has 2 aromatic rings. The number of anilines is 1. The molecule has 2 rings (SSSR count). The summed E-state index contributed by atoms with van der Waals surface area (Å²) in [5, 5.41) is 5.21. The summed E-state index contributed by atoms with van der Waals surface area (Å²) in [7, 11) is 1.82. The average Bonchev–Trinajstić information content (AvgIpc) is 3.00. The average molecular weight is 273 g/mol. The molecule has 0 saturated carbocycles. The third-order valence-electron chi connectivity index (χ3n) is 2.61. The predicted octanol–water partition coefficient (Wildman–Crippen LogP) is 1.39. The Morgan fingerprint density at radius 1 is 1.20 bits per heavy atom. The Balaban J connectivity index is 1.81. The number of benzene rings is 1. The highest BCUT2D eigenvalue weighted by Gasteiger charge is 2.11. The van der Waals surface area contributed by atoms with E-state index in [1.54, 1.807) is 30.5 Å². The Morgan fingerprint density at radius 2 is 1.95 bits per heavy atom. The molecule has 0 saturated heterocycles. The third-order valence-corrected chi connectivity index (χ3v) is 2.61. The lowest BCUT2D eigenvalue weighted by Gasteiger charge is -2.07. The van der Waals surface area contributed by atoms with Gasteiger partial charge in [-0.15, -0.1) is 0 Å². The summed E-state index contributed by atoms with van der Waals surface area (Å²) in [4.78, 5) is 25.9. The molecule has 0 radical (unpaired) electrons. The number of aromatic amines is 1. The summed E-state index contributed by atoms with van der Waals surface area (Å²) in [5.74, 6) is -0.414. The summed E-state index contributed by atoms with van der Waals surface area (Å²) in [5.41, 5.74) is 1.28. The highest BCUT2D eigenvalue weighted by Crippen LogP contribution is 2.14. The second kappa shape index (κ2) is 6.42. The quantitative estimate of drug-likeness (QED) is 0.768. The highest BCUT2D eigenvalue weighted by atomic mass is 16.5. The second-order valence-corrected chi connectivity index (χ2v) is 4.02. The number of nitrogens with one attached hydrogen (secondary N) is 3. The van der Waals surface area contributed by atoms with Crippen LogP contribution in [-0.2, 0) is 4.79 Å². The molecular formula is C14H15N3O3. The van der Waals surface area contributed by atoms with Crippen LogP contribution in [0.25, 0.3) is 0 Å². The van der Waals surface area contributed by atoms with Gasteiger partial charge in [0.15, 0.2) is 6.61 Å². The fourth-order valence-electron chi connectivity index (χ4n) is 1.57. The van der Waals surface area contributed by atoms with Crippen LogP contribution in [0.15, 0.2) is 42.6 Å². The molecule has 0 spiro atoms. The number of ether oxygens (including phenoxy) is 1. The van der Waals surface area contributed by atoms with Crippen molar-refractivity contribution in [2.24, 2.45) is 0 Å². The van der Waals surface area contributed by atoms with Gasteiger partial charge in [0.05, 0.1) is 0 Å². The molecule has 0 unspecified atom stereocenters. The first kappa shape index (κ1) is 13.7. The minimum atomic E-state index is -0.498. The van der Waals surface area contributed by atoms with E-state index in [4.69, 9.17) is 4.74 Å². The number of hydrogen-bond donors (Lipinski definition) is 3. The van der Waals surface area contributed by atoms with Gasteiger partial charge in [-0.05, 0) is 36.4 Å². The van der Waals surface area contributed by atoms with Crippen molar-refractivity contribution in [1.82, 2.24) is 10.3 Å². The molecule has 1 aromatic heterocycles. The maximum absolute atomic E-state index is 11.6. The fraction of sp³-hybridized carbons (Fsp3) is 0.143. The van der Waals surface area contributed by atoms with Crippen LogP contribution in [-0.4, -0.2) is 30.5 Å². The largest absolute Gasteiger partial charge is 0.484 e. The number of carbonyl (C=O) groups is 2. The zero-order valence-electron chi connectivity index (χ0n) is 11.0. The number of hydrogen-bond acceptors (Lipinski definition) is 4. The van der Waals surface area contributed by atoms with Gasteiger partial charge in [0.1, 0.15) is 11.4 Å². The maximum atomic E-state index is 11.6. The van der Waals surface area contributed by atoms with Crippen LogP contribution < -0.4 is 15.4 Å². The molecule has 20 heavy (non-hydrogen) atoms. The van der Waals surface area contributed by atoms with Gasteiger partial charge in [0, 0.05) is 18.9 Å². The number of amides is 2. The lowest BCUT2D eigenvalue weighted by Crippen LogP contribution is -2.34. The predicted molar refractivity (Wildman–Crippen MR) is 74.7 cm³/mol. The lowest BCUT2D eigenvalue weighted by atomic mass is 10.3. The van der Waals surface area contributed by atoms with Crippen LogP contribution in [0.4, 0.5) is 5.69 Å². The molecule has 1 aromatic carbocycles. The van der Waals surface area contributed by atoms with Crippen molar-refractivity contribution in [2.75, 3.05) is 19.0 Å². The monoisotopic (exact) mass is 273 g/mol. The summed E-state index contributed by atoms with van der Waals surface area (Å²) < 4.78 is 5.28. The molecule has 6 nitrogen and oxygen atoms in total. The van der Waals surface area contributed by atoms with Gasteiger partial charge in [0.2, 0.25) is 0 Å². The summed E-state index contributed by atoms with van der Waals surface area (Å²) in [6, 6.07) is 10.4. The van der Waals surface area contributed by atoms with E-state index in [1.165, 1.54) is 0 Å². The minimum Gasteiger partial charge on any atom is -0.484 e. The molecular weight excluding hydrogens is 258 g/mol. The first-order valence-electron chi connectivity index (χ1n) is 6.07. The molecule has 3 N–H and O–H groups in total. The smallest absolute Gasteiger partial charge is 0.274 e. The lowest BCUT2D eigenvalue weighted by molar-refractivity contribution is -0.122. The molecule has 0 fully saturated rings. The van der Waals surface area contributed by atoms with Crippen LogP contribution in [0.1, 0.15) is 10.5 Å². The van der Waals surface area contributed by atoms with Crippen molar-refractivity contribution < 1.29 is 14.3 Å². The van der Waals surface area contributed by atoms with E-state index in [1.807, 2.05) is 19.2 Å². The van der Waals surface area contributed by atoms with E-state index >= 15 is 0 Å². The zero-order chi connectivity index (χ0) is 14.4. The number of H-pyrrole nitrogens is 1. The summed E-state index contributed by atoms with van der Waals surface area (Å²) >= 11 is 0. The van der Waals surface area contributed by atoms with Crippen molar-refractivity contribution >= 4 is 17.5 Å². The molecule has 0 bridgehead atoms. The molecule has 2 amide bonds. The van der Waals surface area contributed by atoms with Crippen molar-refractivity contribution in [3.05, 3.63) is 48.3 Å². The molecule has 104 valence electrons. The van der Waals surface area contributed by atoms with E-state index in [2.05, 4.69) is 15.6 Å². The SMILES string of the molecule is CNc1ccc(OCC(=O)NC(=O)c2ccc[nH]2)cc1. The first-order valence-corrected chi connectivity index (χ1v) is 6.07. The first-order chi connectivity index (χ1) is 9.69. The Kier molecular flexibility index (Phi) is 4.39. The Labute approximate surface area is 116 Å². The highest BCUT2D eigenvalue weighted by molar-refractivity contribution is 6.04. The topological polar surface area (TPSA) is 83.2 Å². The zero-order valence-corrected chi connectivity index (χ0v) is 11.0. The van der Waals surface area contributed by atoms with Crippen LogP contribution >= 0.6 is 0 Å². The van der Waals surface area contributed by atoms with Crippen molar-refractivity contribution in [1.29, 1.82) is 0 Å². The normalized spacial score (nSPS) is 9.85. The second-order valence-electron chi connectivity index (χ2n) is 4.02. The van der Waals surface area contributed by atoms with Gasteiger partial charge < -0.3 is 15.0 Å². The van der Waals surface area contributed by atoms with Crippen molar-refractivity contribution in [3.8, 4) is 5.75 Å². The maximum Gasteiger partial charge on any atom is 0.274 e. The number of imide groups is 1. The minimum absolute atomic E-state index is 0.217. The number of aromatic nitrogens is 1. The molecule has 0 aliphatic rings. The summed E-state index contributed by atoms with van der Waals surface area (Å²) in [6.07, 6.45) is 1.61. The van der Waals surface area contributed by atoms with E-state index in [0.29, 0.717) is 11.4 Å². The van der Waals surface area contributed by atoms with Gasteiger partial charge in [-0.3, -0.25) is 14.9 Å². The third kappa shape index (κ3) is 3.61. The Hall–Kier alpha value is -2.76. The molecule has 0 aliphatic carbocycles. The van der Waals surface area contributed by atoms with Crippen LogP contribution in [0, 0.1) is 0 Å². The fourth-order valence-corrected chi connectivity index (χ4v) is 1.57. The van der Waals surface area contributed by atoms with Gasteiger partial charge in [-0.2, -0.15) is 0 Å². The van der Waals surface area contributed by atoms with E-state index in [0.717, 1.165) is 5.69 Å². The van der Waals surface area contributed by atoms with E-state index < -0.39 is 11.8 Å². The van der Waals surface area contributed by atoms with Crippen LogP contribution in [0.5, 0.6) is 5.75 Å². The van der Waals surface area contributed by atoms with Gasteiger partial charge in [-0.25, -0.2) is 0 Å².